The molecule has 2 atom stereocenters. The number of anilines is 1. The molecule has 0 aliphatic carbocycles. The monoisotopic (exact) mass is 407 g/mol. The highest BCUT2D eigenvalue weighted by molar-refractivity contribution is 8.16. The molecule has 1 amide bonds. The molecule has 9 heteroatoms. The highest BCUT2D eigenvalue weighted by atomic mass is 32.2. The van der Waals surface area contributed by atoms with E-state index < -0.39 is 15.7 Å². The molecule has 3 rings (SSSR count). The Morgan fingerprint density at radius 3 is 3.00 bits per heavy atom. The number of ether oxygens (including phenoxy) is 1. The third-order valence-electron chi connectivity index (χ3n) is 4.38. The van der Waals surface area contributed by atoms with E-state index in [2.05, 4.69) is 11.9 Å². The van der Waals surface area contributed by atoms with Gasteiger partial charge >= 0.3 is 0 Å². The Kier molecular flexibility index (Phi) is 6.07. The quantitative estimate of drug-likeness (QED) is 0.668. The molecule has 2 fully saturated rings. The molecular weight excluding hydrogens is 386 g/mol. The molecule has 1 aromatic carbocycles. The van der Waals surface area contributed by atoms with Crippen molar-refractivity contribution in [3.63, 3.8) is 0 Å². The van der Waals surface area contributed by atoms with Crippen LogP contribution in [0.15, 0.2) is 29.3 Å². The Labute approximate surface area is 163 Å². The van der Waals surface area contributed by atoms with Gasteiger partial charge in [0, 0.05) is 17.0 Å². The van der Waals surface area contributed by atoms with Gasteiger partial charge in [-0.3, -0.25) is 4.79 Å². The molecule has 2 saturated heterocycles. The summed E-state index contributed by atoms with van der Waals surface area (Å²) in [6, 6.07) is 8.90. The van der Waals surface area contributed by atoms with Crippen molar-refractivity contribution in [1.82, 2.24) is 0 Å². The zero-order valence-corrected chi connectivity index (χ0v) is 16.6. The molecule has 0 spiro atoms. The van der Waals surface area contributed by atoms with Crippen molar-refractivity contribution in [1.29, 1.82) is 5.26 Å². The van der Waals surface area contributed by atoms with Gasteiger partial charge in [0.2, 0.25) is 0 Å². The van der Waals surface area contributed by atoms with E-state index in [1.807, 2.05) is 29.2 Å². The second-order valence-corrected chi connectivity index (χ2v) is 9.85. The van der Waals surface area contributed by atoms with Gasteiger partial charge in [0.05, 0.1) is 30.2 Å². The predicted molar refractivity (Wildman–Crippen MR) is 106 cm³/mol. The summed E-state index contributed by atoms with van der Waals surface area (Å²) in [6.45, 7) is 2.69. The van der Waals surface area contributed by atoms with E-state index in [4.69, 9.17) is 10.00 Å². The van der Waals surface area contributed by atoms with Crippen LogP contribution >= 0.6 is 11.8 Å². The number of amidine groups is 1. The number of amides is 1. The van der Waals surface area contributed by atoms with Crippen LogP contribution in [-0.4, -0.2) is 48.9 Å². The molecule has 0 unspecified atom stereocenters. The van der Waals surface area contributed by atoms with Crippen molar-refractivity contribution in [2.45, 2.75) is 37.5 Å². The smallest absolute Gasteiger partial charge is 0.262 e. The average molecular weight is 408 g/mol. The molecule has 0 saturated carbocycles. The number of benzene rings is 1. The van der Waals surface area contributed by atoms with Crippen LogP contribution in [0.2, 0.25) is 0 Å². The van der Waals surface area contributed by atoms with Crippen molar-refractivity contribution in [2.75, 3.05) is 23.0 Å². The molecule has 0 bridgehead atoms. The van der Waals surface area contributed by atoms with Crippen LogP contribution in [0.5, 0.6) is 5.75 Å². The van der Waals surface area contributed by atoms with Crippen LogP contribution in [-0.2, 0) is 14.6 Å². The number of rotatable bonds is 6. The van der Waals surface area contributed by atoms with E-state index in [0.29, 0.717) is 17.5 Å². The number of sulfone groups is 1. The third kappa shape index (κ3) is 4.62. The maximum absolute atomic E-state index is 12.1. The normalized spacial score (nSPS) is 24.6. The first-order valence-corrected chi connectivity index (χ1v) is 11.5. The number of nitrogens with zero attached hydrogens (tertiary/aromatic N) is 3. The van der Waals surface area contributed by atoms with Gasteiger partial charge in [0.15, 0.2) is 15.0 Å². The lowest BCUT2D eigenvalue weighted by Crippen LogP contribution is -2.37. The Balaban J connectivity index is 1.91. The number of hydrogen-bond donors (Lipinski definition) is 0. The lowest BCUT2D eigenvalue weighted by atomic mass is 10.2. The summed E-state index contributed by atoms with van der Waals surface area (Å²) >= 11 is 1.29. The van der Waals surface area contributed by atoms with Crippen LogP contribution in [0.3, 0.4) is 0 Å². The summed E-state index contributed by atoms with van der Waals surface area (Å²) in [6.07, 6.45) is 1.68. The van der Waals surface area contributed by atoms with Crippen molar-refractivity contribution in [3.05, 3.63) is 24.3 Å². The maximum atomic E-state index is 12.1. The molecule has 0 radical (unpaired) electrons. The lowest BCUT2D eigenvalue weighted by Gasteiger charge is -2.25. The van der Waals surface area contributed by atoms with Crippen LogP contribution in [0.25, 0.3) is 0 Å². The molecule has 2 aliphatic rings. The van der Waals surface area contributed by atoms with Crippen molar-refractivity contribution in [2.24, 2.45) is 4.99 Å². The fraction of sp³-hybridized carbons (Fsp3) is 0.500. The summed E-state index contributed by atoms with van der Waals surface area (Å²) in [5.41, 5.74) is 0.740. The van der Waals surface area contributed by atoms with Crippen molar-refractivity contribution < 1.29 is 17.9 Å². The van der Waals surface area contributed by atoms with Gasteiger partial charge in [-0.05, 0) is 18.6 Å². The molecule has 2 heterocycles. The first-order chi connectivity index (χ1) is 12.9. The number of fused-ring (bicyclic) bond motifs is 1. The van der Waals surface area contributed by atoms with E-state index in [0.717, 1.165) is 18.5 Å². The Morgan fingerprint density at radius 2 is 2.26 bits per heavy atom. The molecule has 0 aromatic heterocycles. The summed E-state index contributed by atoms with van der Waals surface area (Å²) in [7, 11) is -3.12. The number of hydrogen-bond acceptors (Lipinski definition) is 6. The summed E-state index contributed by atoms with van der Waals surface area (Å²) in [4.78, 5) is 17.7. The highest BCUT2D eigenvalue weighted by Gasteiger charge is 2.49. The van der Waals surface area contributed by atoms with Gasteiger partial charge in [-0.15, -0.1) is 0 Å². The van der Waals surface area contributed by atoms with E-state index in [1.54, 1.807) is 6.07 Å². The van der Waals surface area contributed by atoms with Crippen LogP contribution < -0.4 is 9.64 Å². The van der Waals surface area contributed by atoms with Gasteiger partial charge in [0.25, 0.3) is 5.91 Å². The minimum atomic E-state index is -3.12. The van der Waals surface area contributed by atoms with Gasteiger partial charge in [-0.2, -0.15) is 10.3 Å². The fourth-order valence-corrected chi connectivity index (χ4v) is 7.07. The minimum Gasteiger partial charge on any atom is -0.494 e. The molecular formula is C18H21N3O4S2. The minimum absolute atomic E-state index is 0.0248. The van der Waals surface area contributed by atoms with Gasteiger partial charge in [-0.25, -0.2) is 8.42 Å². The first kappa shape index (κ1) is 19.7. The molecule has 144 valence electrons. The van der Waals surface area contributed by atoms with E-state index in [9.17, 15) is 13.2 Å². The topological polar surface area (TPSA) is 99.8 Å². The Bertz CT molecular complexity index is 892. The SMILES string of the molecule is CCCCOc1cccc(N2C(=NC(=O)CC#N)S[C@H]3CS(=O)(=O)C[C@@H]32)c1. The molecule has 27 heavy (non-hydrogen) atoms. The second kappa shape index (κ2) is 8.31. The fourth-order valence-electron chi connectivity index (χ4n) is 3.14. The number of thioether (sulfide) groups is 1. The van der Waals surface area contributed by atoms with Crippen LogP contribution in [0.4, 0.5) is 5.69 Å². The largest absolute Gasteiger partial charge is 0.494 e. The summed E-state index contributed by atoms with van der Waals surface area (Å²) < 4.78 is 29.9. The van der Waals surface area contributed by atoms with E-state index in [1.165, 1.54) is 11.8 Å². The van der Waals surface area contributed by atoms with E-state index in [-0.39, 0.29) is 29.2 Å². The number of aliphatic imine (C=N–C) groups is 1. The summed E-state index contributed by atoms with van der Waals surface area (Å²) in [5.74, 6) is 0.259. The maximum Gasteiger partial charge on any atom is 0.262 e. The van der Waals surface area contributed by atoms with Gasteiger partial charge < -0.3 is 9.64 Å². The van der Waals surface area contributed by atoms with Crippen LogP contribution in [0.1, 0.15) is 26.2 Å². The zero-order valence-electron chi connectivity index (χ0n) is 15.0. The Hall–Kier alpha value is -2.05. The number of carbonyl (C=O) groups is 1. The molecule has 0 N–H and O–H groups in total. The average Bonchev–Trinajstić information content (AvgIpc) is 3.06. The van der Waals surface area contributed by atoms with Crippen LogP contribution in [0, 0.1) is 11.3 Å². The molecule has 1 aromatic rings. The zero-order chi connectivity index (χ0) is 19.4. The van der Waals surface area contributed by atoms with E-state index >= 15 is 0 Å². The van der Waals surface area contributed by atoms with Crippen molar-refractivity contribution >= 4 is 38.4 Å². The lowest BCUT2D eigenvalue weighted by molar-refractivity contribution is -0.116. The molecule has 7 nitrogen and oxygen atoms in total. The first-order valence-electron chi connectivity index (χ1n) is 8.81. The van der Waals surface area contributed by atoms with Gasteiger partial charge in [-0.1, -0.05) is 31.2 Å². The summed E-state index contributed by atoms with van der Waals surface area (Å²) in [5, 5.41) is 8.98. The third-order valence-corrected chi connectivity index (χ3v) is 7.59. The predicted octanol–water partition coefficient (Wildman–Crippen LogP) is 2.38. The number of nitriles is 1. The Morgan fingerprint density at radius 1 is 1.44 bits per heavy atom. The number of unbranched alkanes of at least 4 members (excludes halogenated alkanes) is 1. The van der Waals surface area contributed by atoms with Gasteiger partial charge in [0.1, 0.15) is 12.2 Å². The second-order valence-electron chi connectivity index (χ2n) is 6.49. The standard InChI is InChI=1S/C18H21N3O4S2/c1-2-3-9-25-14-6-4-5-13(10-14)21-15-11-27(23,24)12-16(15)26-18(21)20-17(22)7-8-19/h4-6,10,15-16H,2-3,7,9,11-12H2,1H3/t15-,16-/m0/s1. The van der Waals surface area contributed by atoms with Crippen molar-refractivity contribution in [3.8, 4) is 11.8 Å². The molecule has 2 aliphatic heterocycles. The highest BCUT2D eigenvalue weighted by Crippen LogP contribution is 2.41. The number of carbonyl (C=O) groups excluding carboxylic acids is 1.